The van der Waals surface area contributed by atoms with Gasteiger partial charge in [0.15, 0.2) is 11.6 Å². The van der Waals surface area contributed by atoms with Crippen molar-refractivity contribution in [2.45, 2.75) is 0 Å². The van der Waals surface area contributed by atoms with Gasteiger partial charge in [-0.15, -0.1) is 0 Å². The molecule has 0 atom stereocenters. The first-order valence-electron chi connectivity index (χ1n) is 13.7. The molecule has 0 spiro atoms. The lowest BCUT2D eigenvalue weighted by Gasteiger charge is -2.13. The van der Waals surface area contributed by atoms with E-state index in [1.165, 1.54) is 21.5 Å². The molecule has 0 aliphatic carbocycles. The van der Waals surface area contributed by atoms with Gasteiger partial charge >= 0.3 is 0 Å². The molecule has 4 aromatic carbocycles. The van der Waals surface area contributed by atoms with Crippen LogP contribution in [0.5, 0.6) is 0 Å². The average molecular weight is 539 g/mol. The minimum atomic E-state index is 0.671. The molecule has 6 heteroatoms. The number of rotatable bonds is 4. The molecule has 0 aliphatic rings. The summed E-state index contributed by atoms with van der Waals surface area (Å²) in [6.45, 7) is 0. The number of benzene rings is 4. The van der Waals surface area contributed by atoms with Crippen molar-refractivity contribution < 1.29 is 0 Å². The van der Waals surface area contributed by atoms with Crippen LogP contribution in [0, 0.1) is 0 Å². The SMILES string of the molecule is c1ccc(-c2ccnc(-c3ccc4c5ccc(-c6nccc(-c7ccccn7)n6)cc5c5ccccc5c4c3)n2)nc1. The quantitative estimate of drug-likeness (QED) is 0.210. The van der Waals surface area contributed by atoms with Crippen LogP contribution >= 0.6 is 0 Å². The maximum atomic E-state index is 4.84. The van der Waals surface area contributed by atoms with Gasteiger partial charge in [0.05, 0.1) is 22.8 Å². The van der Waals surface area contributed by atoms with Crippen LogP contribution in [0.4, 0.5) is 0 Å². The lowest BCUT2D eigenvalue weighted by Crippen LogP contribution is -1.94. The Hall–Kier alpha value is -5.88. The molecule has 0 unspecified atom stereocenters. The topological polar surface area (TPSA) is 77.3 Å². The van der Waals surface area contributed by atoms with E-state index in [1.807, 2.05) is 48.5 Å². The van der Waals surface area contributed by atoms with Gasteiger partial charge in [-0.2, -0.15) is 0 Å². The van der Waals surface area contributed by atoms with E-state index in [4.69, 9.17) is 9.97 Å². The third-order valence-corrected chi connectivity index (χ3v) is 7.52. The van der Waals surface area contributed by atoms with Crippen LogP contribution in [-0.4, -0.2) is 29.9 Å². The molecule has 0 aliphatic heterocycles. The largest absolute Gasteiger partial charge is 0.255 e. The number of aromatic nitrogens is 6. The first-order chi connectivity index (χ1) is 20.8. The summed E-state index contributed by atoms with van der Waals surface area (Å²) in [6, 6.07) is 36.9. The molecule has 0 saturated heterocycles. The fourth-order valence-electron chi connectivity index (χ4n) is 5.54. The van der Waals surface area contributed by atoms with Crippen LogP contribution in [0.2, 0.25) is 0 Å². The molecule has 196 valence electrons. The van der Waals surface area contributed by atoms with Gasteiger partial charge in [0.2, 0.25) is 0 Å². The number of pyridine rings is 2. The summed E-state index contributed by atoms with van der Waals surface area (Å²) in [5.74, 6) is 1.34. The third kappa shape index (κ3) is 4.14. The van der Waals surface area contributed by atoms with Crippen LogP contribution in [0.15, 0.2) is 134 Å². The van der Waals surface area contributed by atoms with Crippen molar-refractivity contribution in [3.05, 3.63) is 134 Å². The number of hydrogen-bond donors (Lipinski definition) is 0. The molecule has 0 N–H and O–H groups in total. The lowest BCUT2D eigenvalue weighted by molar-refractivity contribution is 1.16. The van der Waals surface area contributed by atoms with Gasteiger partial charge in [0.1, 0.15) is 0 Å². The zero-order valence-corrected chi connectivity index (χ0v) is 22.4. The number of fused-ring (bicyclic) bond motifs is 6. The summed E-state index contributed by atoms with van der Waals surface area (Å²) < 4.78 is 0. The molecule has 0 saturated carbocycles. The zero-order chi connectivity index (χ0) is 27.9. The van der Waals surface area contributed by atoms with Gasteiger partial charge in [-0.05, 0) is 80.8 Å². The van der Waals surface area contributed by atoms with Gasteiger partial charge < -0.3 is 0 Å². The number of hydrogen-bond acceptors (Lipinski definition) is 6. The van der Waals surface area contributed by atoms with Gasteiger partial charge in [-0.3, -0.25) is 9.97 Å². The summed E-state index contributed by atoms with van der Waals surface area (Å²) in [5, 5.41) is 6.99. The first-order valence-corrected chi connectivity index (χ1v) is 13.7. The summed E-state index contributed by atoms with van der Waals surface area (Å²) in [4.78, 5) is 27.8. The van der Waals surface area contributed by atoms with Crippen LogP contribution in [-0.2, 0) is 0 Å². The molecule has 0 bridgehead atoms. The Morgan fingerprint density at radius 3 is 1.21 bits per heavy atom. The van der Waals surface area contributed by atoms with Crippen molar-refractivity contribution in [1.29, 1.82) is 0 Å². The monoisotopic (exact) mass is 538 g/mol. The van der Waals surface area contributed by atoms with Crippen molar-refractivity contribution in [1.82, 2.24) is 29.9 Å². The van der Waals surface area contributed by atoms with E-state index in [9.17, 15) is 0 Å². The second kappa shape index (κ2) is 9.94. The molecule has 42 heavy (non-hydrogen) atoms. The van der Waals surface area contributed by atoms with Gasteiger partial charge in [-0.25, -0.2) is 19.9 Å². The molecule has 0 radical (unpaired) electrons. The van der Waals surface area contributed by atoms with Gasteiger partial charge in [-0.1, -0.05) is 60.7 Å². The standard InChI is InChI=1S/C36H22N6/c1-2-8-26-25(7-1)29-21-23(35-39-19-15-33(41-35)31-9-3-5-17-37-31)11-13-27(29)28-14-12-24(22-30(26)28)36-40-20-16-34(42-36)32-10-4-6-18-38-32/h1-22H. The van der Waals surface area contributed by atoms with E-state index in [0.717, 1.165) is 44.7 Å². The highest BCUT2D eigenvalue weighted by Crippen LogP contribution is 2.38. The third-order valence-electron chi connectivity index (χ3n) is 7.52. The van der Waals surface area contributed by atoms with E-state index in [-0.39, 0.29) is 0 Å². The first kappa shape index (κ1) is 24.0. The fourth-order valence-corrected chi connectivity index (χ4v) is 5.54. The summed E-state index contributed by atoms with van der Waals surface area (Å²) in [5.41, 5.74) is 5.16. The average Bonchev–Trinajstić information content (AvgIpc) is 3.09. The molecule has 0 amide bonds. The normalized spacial score (nSPS) is 11.3. The predicted molar refractivity (Wildman–Crippen MR) is 167 cm³/mol. The van der Waals surface area contributed by atoms with Crippen LogP contribution in [0.25, 0.3) is 77.9 Å². The van der Waals surface area contributed by atoms with E-state index >= 15 is 0 Å². The molecule has 8 aromatic rings. The van der Waals surface area contributed by atoms with Gasteiger partial charge in [0, 0.05) is 35.9 Å². The van der Waals surface area contributed by atoms with Crippen LogP contribution < -0.4 is 0 Å². The van der Waals surface area contributed by atoms with Crippen LogP contribution in [0.1, 0.15) is 0 Å². The Labute approximate surface area is 241 Å². The maximum absolute atomic E-state index is 4.84. The smallest absolute Gasteiger partial charge is 0.159 e. The highest BCUT2D eigenvalue weighted by Gasteiger charge is 2.14. The highest BCUT2D eigenvalue weighted by atomic mass is 14.9. The van der Waals surface area contributed by atoms with E-state index in [0.29, 0.717) is 11.6 Å². The molecule has 6 nitrogen and oxygen atoms in total. The van der Waals surface area contributed by atoms with Crippen molar-refractivity contribution in [3.8, 4) is 45.6 Å². The van der Waals surface area contributed by atoms with E-state index < -0.39 is 0 Å². The van der Waals surface area contributed by atoms with Crippen molar-refractivity contribution in [2.24, 2.45) is 0 Å². The number of nitrogens with zero attached hydrogens (tertiary/aromatic N) is 6. The Bertz CT molecular complexity index is 2070. The molecule has 4 aromatic heterocycles. The van der Waals surface area contributed by atoms with E-state index in [2.05, 4.69) is 80.6 Å². The van der Waals surface area contributed by atoms with Crippen molar-refractivity contribution in [2.75, 3.05) is 0 Å². The summed E-state index contributed by atoms with van der Waals surface area (Å²) >= 11 is 0. The minimum Gasteiger partial charge on any atom is -0.255 e. The second-order valence-corrected chi connectivity index (χ2v) is 10.0. The zero-order valence-electron chi connectivity index (χ0n) is 22.4. The van der Waals surface area contributed by atoms with Crippen LogP contribution in [0.3, 0.4) is 0 Å². The van der Waals surface area contributed by atoms with Gasteiger partial charge in [0.25, 0.3) is 0 Å². The summed E-state index contributed by atoms with van der Waals surface area (Å²) in [7, 11) is 0. The molecule has 0 fully saturated rings. The molecule has 8 rings (SSSR count). The van der Waals surface area contributed by atoms with Crippen molar-refractivity contribution >= 4 is 32.3 Å². The Balaban J connectivity index is 1.28. The highest BCUT2D eigenvalue weighted by molar-refractivity contribution is 6.26. The Kier molecular flexibility index (Phi) is 5.67. The lowest BCUT2D eigenvalue weighted by atomic mass is 9.92. The molecular weight excluding hydrogens is 516 g/mol. The van der Waals surface area contributed by atoms with Crippen molar-refractivity contribution in [3.63, 3.8) is 0 Å². The molecular formula is C36H22N6. The fraction of sp³-hybridized carbons (Fsp3) is 0. The predicted octanol–water partition coefficient (Wildman–Crippen LogP) is 8.18. The summed E-state index contributed by atoms with van der Waals surface area (Å²) in [6.07, 6.45) is 7.14. The Morgan fingerprint density at radius 1 is 0.310 bits per heavy atom. The Morgan fingerprint density at radius 2 is 0.762 bits per heavy atom. The van der Waals surface area contributed by atoms with E-state index in [1.54, 1.807) is 24.8 Å². The second-order valence-electron chi connectivity index (χ2n) is 10.0. The minimum absolute atomic E-state index is 0.671. The maximum Gasteiger partial charge on any atom is 0.159 e. The molecule has 4 heterocycles.